The summed E-state index contributed by atoms with van der Waals surface area (Å²) in [5.41, 5.74) is 0.797. The molecule has 9 heteroatoms. The van der Waals surface area contributed by atoms with Gasteiger partial charge in [-0.25, -0.2) is 13.4 Å². The highest BCUT2D eigenvalue weighted by atomic mass is 32.2. The maximum Gasteiger partial charge on any atom is 0.255 e. The highest BCUT2D eigenvalue weighted by Gasteiger charge is 2.13. The maximum atomic E-state index is 12.4. The van der Waals surface area contributed by atoms with Gasteiger partial charge in [0.2, 0.25) is 5.88 Å². The summed E-state index contributed by atoms with van der Waals surface area (Å²) < 4.78 is 48.2. The van der Waals surface area contributed by atoms with Crippen molar-refractivity contribution in [2.24, 2.45) is 0 Å². The Morgan fingerprint density at radius 3 is 2.37 bits per heavy atom. The summed E-state index contributed by atoms with van der Waals surface area (Å²) in [6.45, 7) is 2.23. The van der Waals surface area contributed by atoms with Crippen molar-refractivity contribution in [1.82, 2.24) is 4.98 Å². The highest BCUT2D eigenvalue weighted by molar-refractivity contribution is 7.95. The van der Waals surface area contributed by atoms with Crippen LogP contribution in [0, 0.1) is 0 Å². The lowest BCUT2D eigenvalue weighted by atomic mass is 10.1. The zero-order chi connectivity index (χ0) is 19.9. The minimum absolute atomic E-state index is 0.312. The van der Waals surface area contributed by atoms with Gasteiger partial charge in [-0.1, -0.05) is 0 Å². The van der Waals surface area contributed by atoms with E-state index in [-0.39, 0.29) is 0 Å². The first-order valence-corrected chi connectivity index (χ1v) is 9.56. The lowest BCUT2D eigenvalue weighted by Crippen LogP contribution is -2.09. The smallest absolute Gasteiger partial charge is 0.255 e. The monoisotopic (exact) mass is 394 g/mol. The zero-order valence-corrected chi connectivity index (χ0v) is 16.4. The topological polar surface area (TPSA) is 96.0 Å². The van der Waals surface area contributed by atoms with Crippen molar-refractivity contribution in [2.45, 2.75) is 6.92 Å². The molecule has 0 bridgehead atoms. The summed E-state index contributed by atoms with van der Waals surface area (Å²) in [6, 6.07) is 6.42. The van der Waals surface area contributed by atoms with Crippen molar-refractivity contribution in [3.63, 3.8) is 0 Å². The summed E-state index contributed by atoms with van der Waals surface area (Å²) in [7, 11) is 0.710. The fourth-order valence-electron chi connectivity index (χ4n) is 2.22. The van der Waals surface area contributed by atoms with E-state index in [9.17, 15) is 8.42 Å². The van der Waals surface area contributed by atoms with Crippen molar-refractivity contribution in [2.75, 3.05) is 32.7 Å². The van der Waals surface area contributed by atoms with E-state index in [1.54, 1.807) is 24.3 Å². The number of anilines is 1. The number of rotatable bonds is 9. The first-order valence-electron chi connectivity index (χ1n) is 8.02. The van der Waals surface area contributed by atoms with Gasteiger partial charge in [0.25, 0.3) is 10.0 Å². The van der Waals surface area contributed by atoms with Gasteiger partial charge in [0, 0.05) is 18.2 Å². The highest BCUT2D eigenvalue weighted by Crippen LogP contribution is 2.35. The number of hydrogen-bond donors (Lipinski definition) is 1. The van der Waals surface area contributed by atoms with E-state index in [2.05, 4.69) is 9.71 Å². The summed E-state index contributed by atoms with van der Waals surface area (Å²) >= 11 is 0. The molecule has 1 aromatic carbocycles. The zero-order valence-electron chi connectivity index (χ0n) is 15.6. The average molecular weight is 394 g/mol. The van der Waals surface area contributed by atoms with Crippen LogP contribution in [0.1, 0.15) is 12.5 Å². The number of sulfonamides is 1. The number of methoxy groups -OCH3 is 3. The van der Waals surface area contributed by atoms with Gasteiger partial charge in [-0.3, -0.25) is 4.72 Å². The Labute approximate surface area is 158 Å². The van der Waals surface area contributed by atoms with Gasteiger partial charge in [-0.2, -0.15) is 0 Å². The van der Waals surface area contributed by atoms with Crippen LogP contribution >= 0.6 is 0 Å². The van der Waals surface area contributed by atoms with Gasteiger partial charge in [-0.05, 0) is 19.1 Å². The first-order chi connectivity index (χ1) is 12.9. The largest absolute Gasteiger partial charge is 0.496 e. The van der Waals surface area contributed by atoms with Crippen molar-refractivity contribution in [3.05, 3.63) is 41.4 Å². The average Bonchev–Trinajstić information content (AvgIpc) is 2.66. The van der Waals surface area contributed by atoms with Crippen LogP contribution in [0.15, 0.2) is 35.9 Å². The van der Waals surface area contributed by atoms with Gasteiger partial charge >= 0.3 is 0 Å². The van der Waals surface area contributed by atoms with Crippen LogP contribution in [-0.2, 0) is 10.0 Å². The summed E-state index contributed by atoms with van der Waals surface area (Å²) in [6.07, 6.45) is 2.77. The Bertz CT molecular complexity index is 895. The third kappa shape index (κ3) is 5.52. The molecule has 0 saturated carbocycles. The number of nitrogens with one attached hydrogen (secondary N) is 1. The second-order valence-corrected chi connectivity index (χ2v) is 6.78. The number of hydrogen-bond acceptors (Lipinski definition) is 7. The summed E-state index contributed by atoms with van der Waals surface area (Å²) in [5.74, 6) is 1.80. The Balaban J connectivity index is 2.31. The van der Waals surface area contributed by atoms with Crippen LogP contribution in [0.5, 0.6) is 23.1 Å². The Kier molecular flexibility index (Phi) is 6.89. The molecule has 0 aliphatic rings. The molecule has 146 valence electrons. The van der Waals surface area contributed by atoms with E-state index in [1.165, 1.54) is 33.6 Å². The molecule has 1 aromatic heterocycles. The third-order valence-corrected chi connectivity index (χ3v) is 4.47. The molecule has 27 heavy (non-hydrogen) atoms. The van der Waals surface area contributed by atoms with E-state index >= 15 is 0 Å². The van der Waals surface area contributed by atoms with Crippen molar-refractivity contribution in [1.29, 1.82) is 0 Å². The van der Waals surface area contributed by atoms with Gasteiger partial charge in [0.05, 0.1) is 50.8 Å². The molecule has 0 atom stereocenters. The molecule has 2 rings (SSSR count). The predicted octanol–water partition coefficient (Wildman–Crippen LogP) is 2.92. The fourth-order valence-corrected chi connectivity index (χ4v) is 3.05. The molecule has 0 saturated heterocycles. The number of ether oxygens (including phenoxy) is 4. The van der Waals surface area contributed by atoms with Gasteiger partial charge in [-0.15, -0.1) is 0 Å². The maximum absolute atomic E-state index is 12.4. The van der Waals surface area contributed by atoms with Crippen LogP contribution < -0.4 is 23.7 Å². The van der Waals surface area contributed by atoms with E-state index in [4.69, 9.17) is 18.9 Å². The quantitative estimate of drug-likeness (QED) is 0.698. The van der Waals surface area contributed by atoms with Gasteiger partial charge in [0.15, 0.2) is 0 Å². The molecule has 0 aliphatic carbocycles. The molecule has 8 nitrogen and oxygen atoms in total. The molecule has 0 spiro atoms. The molecular formula is C18H22N2O6S. The van der Waals surface area contributed by atoms with E-state index in [0.29, 0.717) is 41.0 Å². The Hall–Kier alpha value is -2.94. The van der Waals surface area contributed by atoms with Crippen molar-refractivity contribution >= 4 is 21.8 Å². The summed E-state index contributed by atoms with van der Waals surface area (Å²) in [4.78, 5) is 3.96. The normalized spacial score (nSPS) is 11.3. The molecule has 1 N–H and O–H groups in total. The second-order valence-electron chi connectivity index (χ2n) is 5.21. The Morgan fingerprint density at radius 1 is 1.07 bits per heavy atom. The SMILES string of the molecule is CCOc1cc(OC)cc(OC)c1/C=C/S(=O)(=O)Nc1ccc(OC)nc1. The number of benzene rings is 1. The lowest BCUT2D eigenvalue weighted by Gasteiger charge is -2.13. The van der Waals surface area contributed by atoms with Crippen molar-refractivity contribution in [3.8, 4) is 23.1 Å². The molecule has 0 radical (unpaired) electrons. The predicted molar refractivity (Wildman–Crippen MR) is 103 cm³/mol. The molecule has 2 aromatic rings. The molecule has 0 unspecified atom stereocenters. The van der Waals surface area contributed by atoms with Crippen LogP contribution in [-0.4, -0.2) is 41.3 Å². The van der Waals surface area contributed by atoms with Gasteiger partial charge in [0.1, 0.15) is 17.2 Å². The molecule has 0 fully saturated rings. The van der Waals surface area contributed by atoms with E-state index < -0.39 is 10.0 Å². The number of aromatic nitrogens is 1. The molecular weight excluding hydrogens is 372 g/mol. The van der Waals surface area contributed by atoms with E-state index in [1.807, 2.05) is 6.92 Å². The molecule has 1 heterocycles. The van der Waals surface area contributed by atoms with Crippen molar-refractivity contribution < 1.29 is 27.4 Å². The minimum Gasteiger partial charge on any atom is -0.496 e. The molecule has 0 amide bonds. The molecule has 0 aliphatic heterocycles. The number of pyridine rings is 1. The minimum atomic E-state index is -3.78. The fraction of sp³-hybridized carbons (Fsp3) is 0.278. The van der Waals surface area contributed by atoms with Crippen LogP contribution in [0.25, 0.3) is 6.08 Å². The number of nitrogens with zero attached hydrogens (tertiary/aromatic N) is 1. The van der Waals surface area contributed by atoms with Crippen LogP contribution in [0.2, 0.25) is 0 Å². The first kappa shape index (κ1) is 20.4. The second kappa shape index (κ2) is 9.13. The van der Waals surface area contributed by atoms with E-state index in [0.717, 1.165) is 5.41 Å². The Morgan fingerprint density at radius 2 is 1.81 bits per heavy atom. The third-order valence-electron chi connectivity index (χ3n) is 3.45. The summed E-state index contributed by atoms with van der Waals surface area (Å²) in [5, 5.41) is 1.03. The van der Waals surface area contributed by atoms with Crippen LogP contribution in [0.3, 0.4) is 0 Å². The standard InChI is InChI=1S/C18H22N2O6S/c1-5-26-17-11-14(23-2)10-16(24-3)15(17)8-9-27(21,22)20-13-6-7-18(25-4)19-12-13/h6-12,20H,5H2,1-4H3/b9-8+. The van der Waals surface area contributed by atoms with Crippen LogP contribution in [0.4, 0.5) is 5.69 Å². The van der Waals surface area contributed by atoms with Gasteiger partial charge < -0.3 is 18.9 Å². The lowest BCUT2D eigenvalue weighted by molar-refractivity contribution is 0.329.